The molecule has 0 saturated heterocycles. The second-order valence-corrected chi connectivity index (χ2v) is 6.37. The summed E-state index contributed by atoms with van der Waals surface area (Å²) in [5.41, 5.74) is -0.116. The molecule has 0 fully saturated rings. The number of nitrogens with zero attached hydrogens (tertiary/aromatic N) is 2. The highest BCUT2D eigenvalue weighted by Crippen LogP contribution is 2.25. The molecule has 2 aromatic rings. The van der Waals surface area contributed by atoms with Crippen LogP contribution in [0.15, 0.2) is 38.5 Å². The normalized spacial score (nSPS) is 11.4. The van der Waals surface area contributed by atoms with Crippen LogP contribution in [0.5, 0.6) is 0 Å². The summed E-state index contributed by atoms with van der Waals surface area (Å²) in [5.74, 6) is -1.67. The molecule has 1 heterocycles. The fourth-order valence-electron chi connectivity index (χ4n) is 1.38. The number of sulfone groups is 1. The number of carboxylic acids is 1. The third-order valence-electron chi connectivity index (χ3n) is 2.24. The van der Waals surface area contributed by atoms with Crippen LogP contribution in [-0.4, -0.2) is 29.6 Å². The topological polar surface area (TPSA) is 110 Å². The summed E-state index contributed by atoms with van der Waals surface area (Å²) in [5, 5.41) is 12.3. The summed E-state index contributed by atoms with van der Waals surface area (Å²) in [6.45, 7) is 0. The Hall–Kier alpha value is -1.74. The van der Waals surface area contributed by atoms with Gasteiger partial charge in [-0.05, 0) is 34.1 Å². The molecule has 0 radical (unpaired) electrons. The van der Waals surface area contributed by atoms with Crippen LogP contribution in [0.4, 0.5) is 0 Å². The summed E-state index contributed by atoms with van der Waals surface area (Å²) < 4.78 is 29.0. The van der Waals surface area contributed by atoms with Crippen molar-refractivity contribution in [3.05, 3.63) is 40.5 Å². The highest BCUT2D eigenvalue weighted by molar-refractivity contribution is 9.10. The SMILES string of the molecule is O=C(O)c1ccc(Br)c(S(=O)(=O)Cc2ncon2)c1. The molecule has 2 rings (SSSR count). The van der Waals surface area contributed by atoms with Gasteiger partial charge in [0.25, 0.3) is 0 Å². The highest BCUT2D eigenvalue weighted by Gasteiger charge is 2.22. The first-order valence-electron chi connectivity index (χ1n) is 4.91. The molecule has 7 nitrogen and oxygen atoms in total. The lowest BCUT2D eigenvalue weighted by molar-refractivity contribution is 0.0696. The zero-order chi connectivity index (χ0) is 14.0. The van der Waals surface area contributed by atoms with Crippen LogP contribution in [0, 0.1) is 0 Å². The van der Waals surface area contributed by atoms with Crippen LogP contribution in [-0.2, 0) is 15.6 Å². The quantitative estimate of drug-likeness (QED) is 0.892. The van der Waals surface area contributed by atoms with Gasteiger partial charge in [-0.25, -0.2) is 13.2 Å². The average molecular weight is 347 g/mol. The molecule has 1 aromatic heterocycles. The smallest absolute Gasteiger partial charge is 0.335 e. The van der Waals surface area contributed by atoms with Crippen LogP contribution in [0.3, 0.4) is 0 Å². The molecule has 0 spiro atoms. The number of rotatable bonds is 4. The monoisotopic (exact) mass is 346 g/mol. The Bertz CT molecular complexity index is 712. The third kappa shape index (κ3) is 2.99. The van der Waals surface area contributed by atoms with Crippen LogP contribution < -0.4 is 0 Å². The Labute approximate surface area is 116 Å². The maximum atomic E-state index is 12.2. The second kappa shape index (κ2) is 5.10. The summed E-state index contributed by atoms with van der Waals surface area (Å²) in [6.07, 6.45) is 1.02. The first-order valence-corrected chi connectivity index (χ1v) is 7.35. The van der Waals surface area contributed by atoms with E-state index in [0.717, 1.165) is 12.5 Å². The van der Waals surface area contributed by atoms with Gasteiger partial charge in [0, 0.05) is 4.47 Å². The predicted octanol–water partition coefficient (Wildman–Crippen LogP) is 1.50. The molecule has 0 bridgehead atoms. The summed E-state index contributed by atoms with van der Waals surface area (Å²) >= 11 is 3.08. The van der Waals surface area contributed by atoms with E-state index in [2.05, 4.69) is 30.6 Å². The molecule has 0 saturated carbocycles. The van der Waals surface area contributed by atoms with E-state index < -0.39 is 21.6 Å². The van der Waals surface area contributed by atoms with Crippen molar-refractivity contribution < 1.29 is 22.8 Å². The Morgan fingerprint density at radius 3 is 2.74 bits per heavy atom. The van der Waals surface area contributed by atoms with E-state index in [1.165, 1.54) is 12.1 Å². The lowest BCUT2D eigenvalue weighted by Crippen LogP contribution is -2.08. The molecular formula is C10H7BrN2O5S. The van der Waals surface area contributed by atoms with Crippen molar-refractivity contribution in [3.8, 4) is 0 Å². The Kier molecular flexibility index (Phi) is 3.67. The van der Waals surface area contributed by atoms with Gasteiger partial charge >= 0.3 is 5.97 Å². The minimum absolute atomic E-state index is 0.00706. The molecule has 0 unspecified atom stereocenters. The molecule has 9 heteroatoms. The number of carboxylic acid groups (broad SMARTS) is 1. The van der Waals surface area contributed by atoms with Gasteiger partial charge in [-0.1, -0.05) is 5.16 Å². The number of halogens is 1. The van der Waals surface area contributed by atoms with Gasteiger partial charge in [0.05, 0.1) is 10.5 Å². The van der Waals surface area contributed by atoms with E-state index in [9.17, 15) is 13.2 Å². The third-order valence-corrected chi connectivity index (χ3v) is 4.84. The average Bonchev–Trinajstić information content (AvgIpc) is 2.81. The van der Waals surface area contributed by atoms with Gasteiger partial charge in [0.15, 0.2) is 15.7 Å². The first kappa shape index (κ1) is 13.7. The minimum atomic E-state index is -3.77. The van der Waals surface area contributed by atoms with Crippen LogP contribution in [0.1, 0.15) is 16.2 Å². The summed E-state index contributed by atoms with van der Waals surface area (Å²) in [7, 11) is -3.77. The fraction of sp³-hybridized carbons (Fsp3) is 0.100. The number of carbonyl (C=O) groups is 1. The van der Waals surface area contributed by atoms with E-state index >= 15 is 0 Å². The van der Waals surface area contributed by atoms with E-state index in [1.807, 2.05) is 0 Å². The molecule has 1 aromatic carbocycles. The first-order chi connectivity index (χ1) is 8.90. The number of benzene rings is 1. The number of aromatic nitrogens is 2. The van der Waals surface area contributed by atoms with Gasteiger partial charge in [0.2, 0.25) is 6.39 Å². The molecule has 0 aliphatic carbocycles. The molecule has 0 amide bonds. The lowest BCUT2D eigenvalue weighted by Gasteiger charge is -2.05. The van der Waals surface area contributed by atoms with Crippen molar-refractivity contribution in [2.24, 2.45) is 0 Å². The zero-order valence-electron chi connectivity index (χ0n) is 9.28. The van der Waals surface area contributed by atoms with Crippen molar-refractivity contribution in [2.75, 3.05) is 0 Å². The van der Waals surface area contributed by atoms with Gasteiger partial charge in [-0.3, -0.25) is 0 Å². The second-order valence-electron chi connectivity index (χ2n) is 3.56. The summed E-state index contributed by atoms with van der Waals surface area (Å²) in [6, 6.07) is 3.76. The predicted molar refractivity (Wildman–Crippen MR) is 66.3 cm³/mol. The van der Waals surface area contributed by atoms with Crippen molar-refractivity contribution in [1.82, 2.24) is 10.1 Å². The Balaban J connectivity index is 2.45. The van der Waals surface area contributed by atoms with E-state index in [4.69, 9.17) is 5.11 Å². The molecule has 100 valence electrons. The van der Waals surface area contributed by atoms with Crippen molar-refractivity contribution in [3.63, 3.8) is 0 Å². The van der Waals surface area contributed by atoms with Gasteiger partial charge in [0.1, 0.15) is 5.75 Å². The van der Waals surface area contributed by atoms with Crippen molar-refractivity contribution >= 4 is 31.7 Å². The number of hydrogen-bond donors (Lipinski definition) is 1. The largest absolute Gasteiger partial charge is 0.478 e. The fourth-order valence-corrected chi connectivity index (χ4v) is 3.66. The maximum Gasteiger partial charge on any atom is 0.335 e. The van der Waals surface area contributed by atoms with Crippen LogP contribution in [0.2, 0.25) is 0 Å². The standard InChI is InChI=1S/C10H7BrN2O5S/c11-7-2-1-6(10(14)15)3-8(7)19(16,17)4-9-12-5-18-13-9/h1-3,5H,4H2,(H,14,15). The van der Waals surface area contributed by atoms with Gasteiger partial charge in [-0.2, -0.15) is 4.98 Å². The molecule has 19 heavy (non-hydrogen) atoms. The number of hydrogen-bond acceptors (Lipinski definition) is 6. The Morgan fingerprint density at radius 1 is 1.42 bits per heavy atom. The highest BCUT2D eigenvalue weighted by atomic mass is 79.9. The van der Waals surface area contributed by atoms with Gasteiger partial charge < -0.3 is 9.63 Å². The molecule has 1 N–H and O–H groups in total. The zero-order valence-corrected chi connectivity index (χ0v) is 11.7. The van der Waals surface area contributed by atoms with E-state index in [0.29, 0.717) is 0 Å². The lowest BCUT2D eigenvalue weighted by atomic mass is 10.2. The van der Waals surface area contributed by atoms with Crippen LogP contribution in [0.25, 0.3) is 0 Å². The Morgan fingerprint density at radius 2 is 2.16 bits per heavy atom. The van der Waals surface area contributed by atoms with Crippen LogP contribution >= 0.6 is 15.9 Å². The number of aromatic carboxylic acids is 1. The van der Waals surface area contributed by atoms with E-state index in [-0.39, 0.29) is 20.8 Å². The molecule has 0 aliphatic rings. The molecule has 0 atom stereocenters. The molecule has 0 aliphatic heterocycles. The van der Waals surface area contributed by atoms with E-state index in [1.54, 1.807) is 0 Å². The van der Waals surface area contributed by atoms with Gasteiger partial charge in [-0.15, -0.1) is 0 Å². The maximum absolute atomic E-state index is 12.2. The van der Waals surface area contributed by atoms with Crippen molar-refractivity contribution in [1.29, 1.82) is 0 Å². The van der Waals surface area contributed by atoms with Crippen molar-refractivity contribution in [2.45, 2.75) is 10.6 Å². The minimum Gasteiger partial charge on any atom is -0.478 e. The summed E-state index contributed by atoms with van der Waals surface area (Å²) in [4.78, 5) is 14.4. The molecular weight excluding hydrogens is 340 g/mol.